The van der Waals surface area contributed by atoms with Gasteiger partial charge in [-0.05, 0) is 70.8 Å². The van der Waals surface area contributed by atoms with Crippen LogP contribution < -0.4 is 5.32 Å². The Labute approximate surface area is 214 Å². The van der Waals surface area contributed by atoms with E-state index in [1.807, 2.05) is 13.8 Å². The van der Waals surface area contributed by atoms with E-state index in [4.69, 9.17) is 0 Å². The van der Waals surface area contributed by atoms with E-state index in [0.717, 1.165) is 71.0 Å². The lowest BCUT2D eigenvalue weighted by Gasteiger charge is -2.41. The first-order valence-electron chi connectivity index (χ1n) is 14.1. The topological polar surface area (TPSA) is 52.7 Å². The first-order valence-corrected chi connectivity index (χ1v) is 14.1. The van der Waals surface area contributed by atoms with Gasteiger partial charge in [0, 0.05) is 37.1 Å². The lowest BCUT2D eigenvalue weighted by atomic mass is 9.83. The second-order valence-electron chi connectivity index (χ2n) is 11.9. The van der Waals surface area contributed by atoms with Crippen molar-refractivity contribution in [3.05, 3.63) is 35.9 Å². The lowest BCUT2D eigenvalue weighted by molar-refractivity contribution is -0.140. The number of nitrogens with zero attached hydrogens (tertiary/aromatic N) is 2. The number of amides is 2. The SMILES string of the molecule is CC[C@@H](C)C(=O)N[C@H](C(=O)N1CCC[C@H]1CN(CCc1ccccc1)C(C)(C)C)C1CCCCC1. The number of nitrogens with one attached hydrogen (secondary N) is 1. The number of likely N-dealkylation sites (tertiary alicyclic amines) is 1. The van der Waals surface area contributed by atoms with Gasteiger partial charge >= 0.3 is 0 Å². The summed E-state index contributed by atoms with van der Waals surface area (Å²) in [4.78, 5) is 31.5. The van der Waals surface area contributed by atoms with E-state index in [9.17, 15) is 9.59 Å². The summed E-state index contributed by atoms with van der Waals surface area (Å²) < 4.78 is 0. The first kappa shape index (κ1) is 27.7. The average Bonchev–Trinajstić information content (AvgIpc) is 3.32. The molecule has 0 radical (unpaired) electrons. The third-order valence-electron chi connectivity index (χ3n) is 8.30. The maximum absolute atomic E-state index is 14.0. The van der Waals surface area contributed by atoms with Crippen LogP contribution in [0, 0.1) is 11.8 Å². The van der Waals surface area contributed by atoms with Crippen molar-refractivity contribution >= 4 is 11.8 Å². The normalized spacial score (nSPS) is 21.2. The average molecular weight is 484 g/mol. The zero-order valence-corrected chi connectivity index (χ0v) is 22.9. The van der Waals surface area contributed by atoms with Gasteiger partial charge < -0.3 is 10.2 Å². The highest BCUT2D eigenvalue weighted by Gasteiger charge is 2.39. The second kappa shape index (κ2) is 12.9. The van der Waals surface area contributed by atoms with Gasteiger partial charge in [-0.2, -0.15) is 0 Å². The highest BCUT2D eigenvalue weighted by molar-refractivity contribution is 5.89. The number of carbonyl (C=O) groups excluding carboxylic acids is 2. The van der Waals surface area contributed by atoms with Crippen LogP contribution in [-0.2, 0) is 16.0 Å². The molecule has 3 atom stereocenters. The summed E-state index contributed by atoms with van der Waals surface area (Å²) >= 11 is 0. The number of benzene rings is 1. The third-order valence-corrected chi connectivity index (χ3v) is 8.30. The van der Waals surface area contributed by atoms with Gasteiger partial charge in [0.25, 0.3) is 0 Å². The minimum atomic E-state index is -0.371. The molecule has 2 amide bonds. The molecule has 1 aliphatic heterocycles. The van der Waals surface area contributed by atoms with Crippen LogP contribution in [0.15, 0.2) is 30.3 Å². The van der Waals surface area contributed by atoms with Crippen LogP contribution in [0.3, 0.4) is 0 Å². The number of carbonyl (C=O) groups is 2. The predicted octanol–water partition coefficient (Wildman–Crippen LogP) is 5.43. The Kier molecular flexibility index (Phi) is 10.2. The molecule has 1 saturated heterocycles. The maximum atomic E-state index is 14.0. The van der Waals surface area contributed by atoms with Gasteiger partial charge in [-0.25, -0.2) is 0 Å². The van der Waals surface area contributed by atoms with Crippen LogP contribution in [0.25, 0.3) is 0 Å². The minimum Gasteiger partial charge on any atom is -0.344 e. The molecule has 0 aromatic heterocycles. The van der Waals surface area contributed by atoms with Gasteiger partial charge in [0.15, 0.2) is 0 Å². The van der Waals surface area contributed by atoms with E-state index in [1.165, 1.54) is 12.0 Å². The smallest absolute Gasteiger partial charge is 0.245 e. The Morgan fingerprint density at radius 2 is 1.74 bits per heavy atom. The van der Waals surface area contributed by atoms with E-state index < -0.39 is 0 Å². The molecule has 196 valence electrons. The Bertz CT molecular complexity index is 798. The maximum Gasteiger partial charge on any atom is 0.245 e. The Morgan fingerprint density at radius 1 is 1.06 bits per heavy atom. The molecule has 2 aliphatic rings. The predicted molar refractivity (Wildman–Crippen MR) is 144 cm³/mol. The van der Waals surface area contributed by atoms with Crippen LogP contribution >= 0.6 is 0 Å². The van der Waals surface area contributed by atoms with Crippen LogP contribution in [0.5, 0.6) is 0 Å². The van der Waals surface area contributed by atoms with Gasteiger partial charge in [0.05, 0.1) is 0 Å². The molecule has 5 heteroatoms. The van der Waals surface area contributed by atoms with Gasteiger partial charge in [-0.15, -0.1) is 0 Å². The van der Waals surface area contributed by atoms with E-state index in [0.29, 0.717) is 0 Å². The van der Waals surface area contributed by atoms with Crippen molar-refractivity contribution < 1.29 is 9.59 Å². The van der Waals surface area contributed by atoms with Crippen molar-refractivity contribution in [2.45, 2.75) is 110 Å². The highest BCUT2D eigenvalue weighted by atomic mass is 16.2. The highest BCUT2D eigenvalue weighted by Crippen LogP contribution is 2.30. The molecule has 0 bridgehead atoms. The van der Waals surface area contributed by atoms with E-state index in [-0.39, 0.29) is 41.3 Å². The molecule has 1 aromatic carbocycles. The summed E-state index contributed by atoms with van der Waals surface area (Å²) in [6.07, 6.45) is 9.54. The Morgan fingerprint density at radius 3 is 2.37 bits per heavy atom. The fourth-order valence-electron chi connectivity index (χ4n) is 5.69. The zero-order valence-electron chi connectivity index (χ0n) is 22.9. The number of hydrogen-bond donors (Lipinski definition) is 1. The zero-order chi connectivity index (χ0) is 25.4. The Hall–Kier alpha value is -1.88. The minimum absolute atomic E-state index is 0.0274. The molecule has 1 heterocycles. The Balaban J connectivity index is 1.72. The van der Waals surface area contributed by atoms with Crippen molar-refractivity contribution in [2.75, 3.05) is 19.6 Å². The number of rotatable bonds is 10. The molecule has 1 aliphatic carbocycles. The molecule has 2 fully saturated rings. The van der Waals surface area contributed by atoms with Crippen molar-refractivity contribution in [1.82, 2.24) is 15.1 Å². The molecule has 35 heavy (non-hydrogen) atoms. The lowest BCUT2D eigenvalue weighted by Crippen LogP contribution is -2.57. The van der Waals surface area contributed by atoms with Crippen LogP contribution in [0.4, 0.5) is 0 Å². The standard InChI is InChI=1S/C30H49N3O2/c1-6-23(2)28(34)31-27(25-16-11-8-12-17-25)29(35)33-20-13-18-26(33)22-32(30(3,4)5)21-19-24-14-9-7-10-15-24/h7,9-10,14-15,23,25-27H,6,8,11-13,16-22H2,1-5H3,(H,31,34)/t23-,26+,27+/m1/s1. The molecular weight excluding hydrogens is 434 g/mol. The largest absolute Gasteiger partial charge is 0.344 e. The van der Waals surface area contributed by atoms with Crippen LogP contribution in [-0.4, -0.2) is 58.9 Å². The van der Waals surface area contributed by atoms with Gasteiger partial charge in [-0.3, -0.25) is 14.5 Å². The first-order chi connectivity index (χ1) is 16.7. The summed E-state index contributed by atoms with van der Waals surface area (Å²) in [5.74, 6) is 0.402. The van der Waals surface area contributed by atoms with Crippen molar-refractivity contribution in [2.24, 2.45) is 11.8 Å². The van der Waals surface area contributed by atoms with Gasteiger partial charge in [0.2, 0.25) is 11.8 Å². The summed E-state index contributed by atoms with van der Waals surface area (Å²) in [5.41, 5.74) is 1.38. The van der Waals surface area contributed by atoms with Crippen LogP contribution in [0.2, 0.25) is 0 Å². The summed E-state index contributed by atoms with van der Waals surface area (Å²) in [6.45, 7) is 13.5. The monoisotopic (exact) mass is 483 g/mol. The van der Waals surface area contributed by atoms with Crippen molar-refractivity contribution in [3.8, 4) is 0 Å². The van der Waals surface area contributed by atoms with Gasteiger partial charge in [-0.1, -0.05) is 63.4 Å². The molecule has 0 unspecified atom stereocenters. The van der Waals surface area contributed by atoms with E-state index in [2.05, 4.69) is 66.2 Å². The molecular formula is C30H49N3O2. The fraction of sp³-hybridized carbons (Fsp3) is 0.733. The summed E-state index contributed by atoms with van der Waals surface area (Å²) in [6, 6.07) is 10.5. The van der Waals surface area contributed by atoms with E-state index >= 15 is 0 Å². The molecule has 1 N–H and O–H groups in total. The summed E-state index contributed by atoms with van der Waals surface area (Å²) in [5, 5.41) is 3.22. The molecule has 3 rings (SSSR count). The van der Waals surface area contributed by atoms with Crippen molar-refractivity contribution in [3.63, 3.8) is 0 Å². The summed E-state index contributed by atoms with van der Waals surface area (Å²) in [7, 11) is 0. The molecule has 1 saturated carbocycles. The fourth-order valence-corrected chi connectivity index (χ4v) is 5.69. The van der Waals surface area contributed by atoms with E-state index in [1.54, 1.807) is 0 Å². The van der Waals surface area contributed by atoms with Gasteiger partial charge in [0.1, 0.15) is 6.04 Å². The molecule has 5 nitrogen and oxygen atoms in total. The molecule has 0 spiro atoms. The van der Waals surface area contributed by atoms with Crippen molar-refractivity contribution in [1.29, 1.82) is 0 Å². The quantitative estimate of drug-likeness (QED) is 0.483. The number of hydrogen-bond acceptors (Lipinski definition) is 3. The molecule has 1 aromatic rings. The second-order valence-corrected chi connectivity index (χ2v) is 11.9. The van der Waals surface area contributed by atoms with Crippen LogP contribution in [0.1, 0.15) is 91.5 Å². The third kappa shape index (κ3) is 7.80.